The molecule has 0 aliphatic rings. The van der Waals surface area contributed by atoms with Gasteiger partial charge in [-0.05, 0) is 43.2 Å². The van der Waals surface area contributed by atoms with Gasteiger partial charge in [-0.2, -0.15) is 0 Å². The average molecular weight is 325 g/mol. The molecule has 1 aromatic carbocycles. The second-order valence-electron chi connectivity index (χ2n) is 4.80. The number of anilines is 2. The monoisotopic (exact) mass is 325 g/mol. The van der Waals surface area contributed by atoms with Crippen LogP contribution in [0.4, 0.5) is 15.8 Å². The molecule has 0 fully saturated rings. The summed E-state index contributed by atoms with van der Waals surface area (Å²) in [5.74, 6) is -0.500. The Morgan fingerprint density at radius 2 is 1.82 bits per heavy atom. The molecule has 8 heteroatoms. The van der Waals surface area contributed by atoms with Gasteiger partial charge in [0.15, 0.2) is 4.90 Å². The van der Waals surface area contributed by atoms with Gasteiger partial charge in [0.25, 0.3) is 10.0 Å². The smallest absolute Gasteiger partial charge is 0.267 e. The normalized spacial score (nSPS) is 11.3. The second kappa shape index (κ2) is 5.80. The van der Waals surface area contributed by atoms with Gasteiger partial charge in [-0.25, -0.2) is 17.8 Å². The molecule has 0 amide bonds. The Hall–Kier alpha value is -2.35. The Morgan fingerprint density at radius 1 is 1.23 bits per heavy atom. The fourth-order valence-corrected chi connectivity index (χ4v) is 3.41. The molecule has 2 rings (SSSR count). The summed E-state index contributed by atoms with van der Waals surface area (Å²) in [6.45, 7) is 3.23. The van der Waals surface area contributed by atoms with Crippen LogP contribution in [-0.2, 0) is 10.0 Å². The van der Waals surface area contributed by atoms with Crippen molar-refractivity contribution < 1.29 is 17.5 Å². The van der Waals surface area contributed by atoms with E-state index >= 15 is 0 Å². The maximum atomic E-state index is 13.3. The van der Waals surface area contributed by atoms with E-state index in [2.05, 4.69) is 9.71 Å². The summed E-state index contributed by atoms with van der Waals surface area (Å²) < 4.78 is 45.8. The number of nitrogens with one attached hydrogen (secondary N) is 1. The lowest BCUT2D eigenvalue weighted by atomic mass is 10.1. The van der Waals surface area contributed by atoms with Crippen LogP contribution in [0.25, 0.3) is 0 Å². The second-order valence-corrected chi connectivity index (χ2v) is 6.45. The molecule has 0 unspecified atom stereocenters. The van der Waals surface area contributed by atoms with Gasteiger partial charge in [-0.15, -0.1) is 0 Å². The van der Waals surface area contributed by atoms with Crippen molar-refractivity contribution in [1.29, 1.82) is 0 Å². The molecule has 1 aromatic heterocycles. The zero-order valence-electron chi connectivity index (χ0n) is 12.3. The molecule has 2 aromatic rings. The Morgan fingerprint density at radius 3 is 2.36 bits per heavy atom. The number of halogens is 1. The SMILES string of the molecule is COc1ncc(N)cc1S(=O)(=O)Nc1c(C)cc(F)cc1C. The number of nitrogen functional groups attached to an aromatic ring is 1. The van der Waals surface area contributed by atoms with Crippen LogP contribution in [0.3, 0.4) is 0 Å². The number of nitrogens with zero attached hydrogens (tertiary/aromatic N) is 1. The number of rotatable bonds is 4. The van der Waals surface area contributed by atoms with Gasteiger partial charge in [0.05, 0.1) is 24.7 Å². The first-order chi connectivity index (χ1) is 10.2. The highest BCUT2D eigenvalue weighted by Crippen LogP contribution is 2.28. The minimum absolute atomic E-state index is 0.0703. The van der Waals surface area contributed by atoms with Crippen molar-refractivity contribution in [3.05, 3.63) is 41.3 Å². The maximum absolute atomic E-state index is 13.3. The molecule has 0 saturated heterocycles. The predicted octanol–water partition coefficient (Wildman–Crippen LogP) is 2.23. The first-order valence-corrected chi connectivity index (χ1v) is 7.82. The summed E-state index contributed by atoms with van der Waals surface area (Å²) in [4.78, 5) is 3.65. The van der Waals surface area contributed by atoms with E-state index in [0.29, 0.717) is 16.8 Å². The van der Waals surface area contributed by atoms with Crippen molar-refractivity contribution in [2.45, 2.75) is 18.7 Å². The van der Waals surface area contributed by atoms with Crippen LogP contribution in [0, 0.1) is 19.7 Å². The minimum atomic E-state index is -3.98. The fourth-order valence-electron chi connectivity index (χ4n) is 2.05. The van der Waals surface area contributed by atoms with E-state index in [1.54, 1.807) is 13.8 Å². The predicted molar refractivity (Wildman–Crippen MR) is 81.9 cm³/mol. The van der Waals surface area contributed by atoms with Crippen LogP contribution in [-0.4, -0.2) is 20.5 Å². The minimum Gasteiger partial charge on any atom is -0.480 e. The molecule has 0 saturated carbocycles. The van der Waals surface area contributed by atoms with Crippen LogP contribution in [0.1, 0.15) is 11.1 Å². The molecule has 0 spiro atoms. The van der Waals surface area contributed by atoms with Crippen LogP contribution in [0.5, 0.6) is 5.88 Å². The van der Waals surface area contributed by atoms with Crippen LogP contribution in [0.2, 0.25) is 0 Å². The van der Waals surface area contributed by atoms with Crippen molar-refractivity contribution in [2.24, 2.45) is 0 Å². The topological polar surface area (TPSA) is 94.3 Å². The van der Waals surface area contributed by atoms with Gasteiger partial charge in [0.1, 0.15) is 5.82 Å². The summed E-state index contributed by atoms with van der Waals surface area (Å²) >= 11 is 0. The maximum Gasteiger partial charge on any atom is 0.267 e. The quantitative estimate of drug-likeness (QED) is 0.899. The van der Waals surface area contributed by atoms with E-state index in [4.69, 9.17) is 10.5 Å². The van der Waals surface area contributed by atoms with Crippen LogP contribution in [0.15, 0.2) is 29.3 Å². The number of methoxy groups -OCH3 is 1. The summed E-state index contributed by atoms with van der Waals surface area (Å²) in [7, 11) is -2.66. The number of hydrogen-bond acceptors (Lipinski definition) is 5. The number of aromatic nitrogens is 1. The molecule has 0 radical (unpaired) electrons. The van der Waals surface area contributed by atoms with E-state index in [1.165, 1.54) is 31.5 Å². The Kier molecular flexibility index (Phi) is 4.23. The highest BCUT2D eigenvalue weighted by Gasteiger charge is 2.23. The van der Waals surface area contributed by atoms with E-state index in [-0.39, 0.29) is 16.5 Å². The van der Waals surface area contributed by atoms with Crippen molar-refractivity contribution in [3.8, 4) is 5.88 Å². The zero-order chi connectivity index (χ0) is 16.5. The third-order valence-corrected chi connectivity index (χ3v) is 4.40. The van der Waals surface area contributed by atoms with Crippen molar-refractivity contribution >= 4 is 21.4 Å². The fraction of sp³-hybridized carbons (Fsp3) is 0.214. The molecule has 0 bridgehead atoms. The largest absolute Gasteiger partial charge is 0.480 e. The molecule has 3 N–H and O–H groups in total. The van der Waals surface area contributed by atoms with E-state index in [9.17, 15) is 12.8 Å². The molecular weight excluding hydrogens is 309 g/mol. The van der Waals surface area contributed by atoms with Gasteiger partial charge < -0.3 is 10.5 Å². The van der Waals surface area contributed by atoms with Gasteiger partial charge in [-0.3, -0.25) is 4.72 Å². The van der Waals surface area contributed by atoms with Crippen molar-refractivity contribution in [1.82, 2.24) is 4.98 Å². The lowest BCUT2D eigenvalue weighted by Crippen LogP contribution is -2.16. The molecule has 118 valence electrons. The summed E-state index contributed by atoms with van der Waals surface area (Å²) in [5.41, 5.74) is 7.03. The number of sulfonamides is 1. The lowest BCUT2D eigenvalue weighted by Gasteiger charge is -2.15. The van der Waals surface area contributed by atoms with E-state index in [1.807, 2.05) is 0 Å². The van der Waals surface area contributed by atoms with Crippen molar-refractivity contribution in [2.75, 3.05) is 17.6 Å². The zero-order valence-corrected chi connectivity index (χ0v) is 13.2. The van der Waals surface area contributed by atoms with E-state index < -0.39 is 15.8 Å². The molecule has 0 aliphatic heterocycles. The first-order valence-electron chi connectivity index (χ1n) is 6.33. The van der Waals surface area contributed by atoms with Gasteiger partial charge >= 0.3 is 0 Å². The third-order valence-electron chi connectivity index (χ3n) is 3.06. The first kappa shape index (κ1) is 16.0. The number of ether oxygens (including phenoxy) is 1. The van der Waals surface area contributed by atoms with Gasteiger partial charge in [0, 0.05) is 0 Å². The molecule has 22 heavy (non-hydrogen) atoms. The molecular formula is C14H16FN3O3S. The number of benzene rings is 1. The Bertz CT molecular complexity index is 799. The summed E-state index contributed by atoms with van der Waals surface area (Å²) in [6.07, 6.45) is 1.30. The summed E-state index contributed by atoms with van der Waals surface area (Å²) in [6, 6.07) is 3.75. The standard InChI is InChI=1S/C14H16FN3O3S/c1-8-4-10(15)5-9(2)13(8)18-22(19,20)12-6-11(16)7-17-14(12)21-3/h4-7,18H,16H2,1-3H3. The van der Waals surface area contributed by atoms with Crippen LogP contribution >= 0.6 is 0 Å². The highest BCUT2D eigenvalue weighted by atomic mass is 32.2. The van der Waals surface area contributed by atoms with E-state index in [0.717, 1.165) is 0 Å². The molecule has 0 atom stereocenters. The third kappa shape index (κ3) is 3.11. The molecule has 6 nitrogen and oxygen atoms in total. The number of nitrogens with two attached hydrogens (primary N) is 1. The van der Waals surface area contributed by atoms with Crippen molar-refractivity contribution in [3.63, 3.8) is 0 Å². The number of hydrogen-bond donors (Lipinski definition) is 2. The van der Waals surface area contributed by atoms with Crippen LogP contribution < -0.4 is 15.2 Å². The highest BCUT2D eigenvalue weighted by molar-refractivity contribution is 7.92. The Balaban J connectivity index is 2.52. The average Bonchev–Trinajstić information content (AvgIpc) is 2.43. The van der Waals surface area contributed by atoms with Gasteiger partial charge in [-0.1, -0.05) is 0 Å². The molecule has 1 heterocycles. The number of pyridine rings is 1. The van der Waals surface area contributed by atoms with Gasteiger partial charge in [0.2, 0.25) is 5.88 Å². The Labute approximate surface area is 128 Å². The molecule has 0 aliphatic carbocycles. The number of aryl methyl sites for hydroxylation is 2. The summed E-state index contributed by atoms with van der Waals surface area (Å²) in [5, 5.41) is 0. The lowest BCUT2D eigenvalue weighted by molar-refractivity contribution is 0.385.